The van der Waals surface area contributed by atoms with E-state index >= 15 is 0 Å². The molecule has 0 aliphatic carbocycles. The molecule has 2 heterocycles. The monoisotopic (exact) mass is 316 g/mol. The van der Waals surface area contributed by atoms with Crippen LogP contribution >= 0.6 is 0 Å². The van der Waals surface area contributed by atoms with Crippen LogP contribution in [0.3, 0.4) is 0 Å². The van der Waals surface area contributed by atoms with Crippen LogP contribution in [0.25, 0.3) is 0 Å². The first kappa shape index (κ1) is 16.0. The number of carbonyl (C=O) groups excluding carboxylic acids is 2. The van der Waals surface area contributed by atoms with E-state index in [-0.39, 0.29) is 5.91 Å². The lowest BCUT2D eigenvalue weighted by molar-refractivity contribution is 0.0600. The Bertz CT molecular complexity index is 581. The number of benzene rings is 1. The van der Waals surface area contributed by atoms with E-state index in [1.54, 1.807) is 24.3 Å². The van der Waals surface area contributed by atoms with E-state index in [0.717, 1.165) is 32.6 Å². The second-order valence-electron chi connectivity index (χ2n) is 6.36. The molecular weight excluding hydrogens is 292 g/mol. The molecule has 2 fully saturated rings. The van der Waals surface area contributed by atoms with E-state index in [9.17, 15) is 9.59 Å². The van der Waals surface area contributed by atoms with Crippen molar-refractivity contribution in [3.8, 4) is 0 Å². The second-order valence-corrected chi connectivity index (χ2v) is 6.36. The van der Waals surface area contributed by atoms with Crippen LogP contribution in [0, 0.1) is 0 Å². The number of hydrogen-bond acceptors (Lipinski definition) is 4. The van der Waals surface area contributed by atoms with Crippen molar-refractivity contribution < 1.29 is 14.3 Å². The molecular formula is C18H24N2O3. The van der Waals surface area contributed by atoms with Gasteiger partial charge in [0.1, 0.15) is 0 Å². The second kappa shape index (κ2) is 7.13. The third-order valence-electron chi connectivity index (χ3n) is 4.87. The van der Waals surface area contributed by atoms with Crippen LogP contribution in [0.4, 0.5) is 0 Å². The van der Waals surface area contributed by atoms with Crippen LogP contribution in [0.2, 0.25) is 0 Å². The first-order valence-electron chi connectivity index (χ1n) is 8.41. The average Bonchev–Trinajstić information content (AvgIpc) is 3.15. The lowest BCUT2D eigenvalue weighted by atomic mass is 10.0. The molecule has 2 saturated heterocycles. The number of carbonyl (C=O) groups is 2. The maximum atomic E-state index is 12.8. The van der Waals surface area contributed by atoms with E-state index in [1.165, 1.54) is 26.4 Å². The summed E-state index contributed by atoms with van der Waals surface area (Å²) in [5, 5.41) is 0. The molecule has 0 saturated carbocycles. The summed E-state index contributed by atoms with van der Waals surface area (Å²) in [4.78, 5) is 28.9. The Hall–Kier alpha value is -1.88. The van der Waals surface area contributed by atoms with Gasteiger partial charge in [-0.2, -0.15) is 0 Å². The molecule has 0 unspecified atom stereocenters. The predicted molar refractivity (Wildman–Crippen MR) is 87.5 cm³/mol. The summed E-state index contributed by atoms with van der Waals surface area (Å²) in [5.41, 5.74) is 0.987. The van der Waals surface area contributed by atoms with Gasteiger partial charge in [-0.1, -0.05) is 6.07 Å². The standard InChI is InChI=1S/C18H24N2O3/c1-23-18(22)15-7-4-6-14(12-15)17(21)20-11-5-8-16(13-20)19-9-2-3-10-19/h4,6-7,12,16H,2-3,5,8-11,13H2,1H3/t16-/m1/s1. The molecule has 5 nitrogen and oxygen atoms in total. The van der Waals surface area contributed by atoms with Crippen molar-refractivity contribution in [3.63, 3.8) is 0 Å². The molecule has 0 N–H and O–H groups in total. The number of esters is 1. The minimum Gasteiger partial charge on any atom is -0.465 e. The molecule has 2 aliphatic rings. The fraction of sp³-hybridized carbons (Fsp3) is 0.556. The predicted octanol–water partition coefficient (Wildman–Crippen LogP) is 2.17. The number of piperidine rings is 1. The molecule has 0 bridgehead atoms. The first-order chi connectivity index (χ1) is 11.2. The third kappa shape index (κ3) is 3.55. The number of amides is 1. The number of ether oxygens (including phenoxy) is 1. The molecule has 1 atom stereocenters. The fourth-order valence-electron chi connectivity index (χ4n) is 3.62. The molecule has 3 rings (SSSR count). The molecule has 0 radical (unpaired) electrons. The van der Waals surface area contributed by atoms with Crippen molar-refractivity contribution in [1.82, 2.24) is 9.80 Å². The lowest BCUT2D eigenvalue weighted by Gasteiger charge is -2.37. The SMILES string of the molecule is COC(=O)c1cccc(C(=O)N2CCC[C@@H](N3CCCC3)C2)c1. The van der Waals surface area contributed by atoms with E-state index in [4.69, 9.17) is 4.74 Å². The van der Waals surface area contributed by atoms with Gasteiger partial charge in [0.2, 0.25) is 0 Å². The number of methoxy groups -OCH3 is 1. The first-order valence-corrected chi connectivity index (χ1v) is 8.41. The Balaban J connectivity index is 1.70. The number of rotatable bonds is 3. The molecule has 0 aromatic heterocycles. The van der Waals surface area contributed by atoms with Crippen molar-refractivity contribution in [3.05, 3.63) is 35.4 Å². The minimum absolute atomic E-state index is 0.0136. The summed E-state index contributed by atoms with van der Waals surface area (Å²) in [6, 6.07) is 7.30. The van der Waals surface area contributed by atoms with Gasteiger partial charge in [-0.05, 0) is 57.0 Å². The van der Waals surface area contributed by atoms with Crippen molar-refractivity contribution in [2.24, 2.45) is 0 Å². The normalized spacial score (nSPS) is 22.1. The molecule has 1 amide bonds. The summed E-state index contributed by atoms with van der Waals surface area (Å²) >= 11 is 0. The topological polar surface area (TPSA) is 49.9 Å². The van der Waals surface area contributed by atoms with Gasteiger partial charge < -0.3 is 9.64 Å². The van der Waals surface area contributed by atoms with Gasteiger partial charge in [0.15, 0.2) is 0 Å². The summed E-state index contributed by atoms with van der Waals surface area (Å²) in [7, 11) is 1.35. The largest absolute Gasteiger partial charge is 0.465 e. The van der Waals surface area contributed by atoms with Crippen LogP contribution in [0.5, 0.6) is 0 Å². The molecule has 1 aromatic rings. The fourth-order valence-corrected chi connectivity index (χ4v) is 3.62. The quantitative estimate of drug-likeness (QED) is 0.802. The summed E-state index contributed by atoms with van der Waals surface area (Å²) in [5.74, 6) is -0.395. The maximum absolute atomic E-state index is 12.8. The average molecular weight is 316 g/mol. The van der Waals surface area contributed by atoms with Gasteiger partial charge in [0.05, 0.1) is 12.7 Å². The summed E-state index contributed by atoms with van der Waals surface area (Å²) < 4.78 is 4.73. The minimum atomic E-state index is -0.409. The van der Waals surface area contributed by atoms with Crippen LogP contribution in [-0.4, -0.2) is 61.0 Å². The van der Waals surface area contributed by atoms with E-state index < -0.39 is 5.97 Å². The Morgan fingerprint density at radius 3 is 2.57 bits per heavy atom. The van der Waals surface area contributed by atoms with Crippen molar-refractivity contribution in [2.45, 2.75) is 31.7 Å². The highest BCUT2D eigenvalue weighted by Crippen LogP contribution is 2.22. The highest BCUT2D eigenvalue weighted by Gasteiger charge is 2.29. The molecule has 23 heavy (non-hydrogen) atoms. The highest BCUT2D eigenvalue weighted by atomic mass is 16.5. The van der Waals surface area contributed by atoms with Gasteiger partial charge in [0, 0.05) is 24.7 Å². The van der Waals surface area contributed by atoms with E-state index in [0.29, 0.717) is 17.2 Å². The number of nitrogens with zero attached hydrogens (tertiary/aromatic N) is 2. The molecule has 124 valence electrons. The molecule has 0 spiro atoms. The van der Waals surface area contributed by atoms with Crippen LogP contribution in [-0.2, 0) is 4.74 Å². The Kier molecular flexibility index (Phi) is 4.96. The van der Waals surface area contributed by atoms with E-state index in [2.05, 4.69) is 4.90 Å². The van der Waals surface area contributed by atoms with Crippen LogP contribution < -0.4 is 0 Å². The molecule has 2 aliphatic heterocycles. The Morgan fingerprint density at radius 1 is 1.09 bits per heavy atom. The van der Waals surface area contributed by atoms with Crippen LogP contribution in [0.15, 0.2) is 24.3 Å². The molecule has 5 heteroatoms. The lowest BCUT2D eigenvalue weighted by Crippen LogP contribution is -2.49. The van der Waals surface area contributed by atoms with E-state index in [1.807, 2.05) is 4.90 Å². The zero-order chi connectivity index (χ0) is 16.2. The Morgan fingerprint density at radius 2 is 1.83 bits per heavy atom. The Labute approximate surface area is 137 Å². The summed E-state index contributed by atoms with van der Waals surface area (Å²) in [6.45, 7) is 3.90. The van der Waals surface area contributed by atoms with Gasteiger partial charge in [-0.15, -0.1) is 0 Å². The van der Waals surface area contributed by atoms with Gasteiger partial charge >= 0.3 is 5.97 Å². The third-order valence-corrected chi connectivity index (χ3v) is 4.87. The van der Waals surface area contributed by atoms with Gasteiger partial charge in [0.25, 0.3) is 5.91 Å². The number of hydrogen-bond donors (Lipinski definition) is 0. The summed E-state index contributed by atoms with van der Waals surface area (Å²) in [6.07, 6.45) is 4.76. The van der Waals surface area contributed by atoms with Gasteiger partial charge in [-0.3, -0.25) is 9.69 Å². The zero-order valence-corrected chi connectivity index (χ0v) is 13.7. The van der Waals surface area contributed by atoms with Crippen molar-refractivity contribution in [1.29, 1.82) is 0 Å². The van der Waals surface area contributed by atoms with Crippen molar-refractivity contribution >= 4 is 11.9 Å². The molecule has 1 aromatic carbocycles. The van der Waals surface area contributed by atoms with Gasteiger partial charge in [-0.25, -0.2) is 4.79 Å². The highest BCUT2D eigenvalue weighted by molar-refractivity contribution is 5.98. The number of likely N-dealkylation sites (tertiary alicyclic amines) is 2. The van der Waals surface area contributed by atoms with Crippen molar-refractivity contribution in [2.75, 3.05) is 33.3 Å². The zero-order valence-electron chi connectivity index (χ0n) is 13.7. The van der Waals surface area contributed by atoms with Crippen LogP contribution in [0.1, 0.15) is 46.4 Å². The maximum Gasteiger partial charge on any atom is 0.337 e. The smallest absolute Gasteiger partial charge is 0.337 e.